The molecule has 0 saturated heterocycles. The van der Waals surface area contributed by atoms with E-state index in [0.29, 0.717) is 16.9 Å². The van der Waals surface area contributed by atoms with Gasteiger partial charge in [0.1, 0.15) is 11.6 Å². The van der Waals surface area contributed by atoms with Crippen molar-refractivity contribution in [2.45, 2.75) is 31.7 Å². The van der Waals surface area contributed by atoms with Crippen molar-refractivity contribution in [1.82, 2.24) is 4.72 Å². The van der Waals surface area contributed by atoms with Crippen molar-refractivity contribution in [1.29, 1.82) is 0 Å². The molecule has 0 radical (unpaired) electrons. The van der Waals surface area contributed by atoms with Crippen LogP contribution in [0.1, 0.15) is 29.7 Å². The van der Waals surface area contributed by atoms with E-state index in [9.17, 15) is 12.8 Å². The molecule has 0 unspecified atom stereocenters. The molecule has 1 N–H and O–H groups in total. The molecular formula is C17H20FNO3S. The highest BCUT2D eigenvalue weighted by molar-refractivity contribution is 7.89. The molecule has 2 aromatic rings. The number of halogens is 1. The van der Waals surface area contributed by atoms with Gasteiger partial charge in [-0.3, -0.25) is 0 Å². The minimum Gasteiger partial charge on any atom is -0.496 e. The fourth-order valence-corrected chi connectivity index (χ4v) is 3.93. The summed E-state index contributed by atoms with van der Waals surface area (Å²) in [5.74, 6) is 0.290. The number of hydrogen-bond donors (Lipinski definition) is 1. The smallest absolute Gasteiger partial charge is 0.241 e. The Balaban J connectivity index is 2.32. The van der Waals surface area contributed by atoms with E-state index in [2.05, 4.69) is 4.72 Å². The van der Waals surface area contributed by atoms with Crippen molar-refractivity contribution in [2.24, 2.45) is 0 Å². The monoisotopic (exact) mass is 337 g/mol. The summed E-state index contributed by atoms with van der Waals surface area (Å²) < 4.78 is 46.1. The van der Waals surface area contributed by atoms with Crippen LogP contribution in [0.2, 0.25) is 0 Å². The first kappa shape index (κ1) is 17.4. The van der Waals surface area contributed by atoms with Gasteiger partial charge in [-0.25, -0.2) is 17.5 Å². The molecule has 0 bridgehead atoms. The lowest BCUT2D eigenvalue weighted by atomic mass is 10.1. The predicted octanol–water partition coefficient (Wildman–Crippen LogP) is 3.49. The molecule has 0 aliphatic heterocycles. The van der Waals surface area contributed by atoms with Crippen molar-refractivity contribution in [3.05, 3.63) is 58.9 Å². The maximum Gasteiger partial charge on any atom is 0.241 e. The number of rotatable bonds is 5. The molecule has 4 nitrogen and oxygen atoms in total. The second-order valence-corrected chi connectivity index (χ2v) is 7.09. The summed E-state index contributed by atoms with van der Waals surface area (Å²) in [7, 11) is -2.15. The third-order valence-corrected chi connectivity index (χ3v) is 5.58. The first-order valence-corrected chi connectivity index (χ1v) is 8.66. The first-order chi connectivity index (χ1) is 10.8. The third kappa shape index (κ3) is 3.71. The summed E-state index contributed by atoms with van der Waals surface area (Å²) in [6, 6.07) is 8.44. The largest absolute Gasteiger partial charge is 0.496 e. The van der Waals surface area contributed by atoms with Gasteiger partial charge in [0.2, 0.25) is 10.0 Å². The standard InChI is InChI=1S/C17H20FNO3S/c1-11-12(2)17(10-9-16(11)22-4)23(20,21)19-13(3)14-5-7-15(18)8-6-14/h5-10,13,19H,1-4H3/t13-/m1/s1. The molecule has 0 amide bonds. The van der Waals surface area contributed by atoms with Gasteiger partial charge in [0.15, 0.2) is 0 Å². The molecule has 0 spiro atoms. The Morgan fingerprint density at radius 2 is 1.65 bits per heavy atom. The highest BCUT2D eigenvalue weighted by Crippen LogP contribution is 2.27. The van der Waals surface area contributed by atoms with E-state index in [4.69, 9.17) is 4.74 Å². The quantitative estimate of drug-likeness (QED) is 0.908. The highest BCUT2D eigenvalue weighted by atomic mass is 32.2. The van der Waals surface area contributed by atoms with Crippen LogP contribution in [0.4, 0.5) is 4.39 Å². The Labute approximate surface area is 136 Å². The normalized spacial score (nSPS) is 12.9. The number of methoxy groups -OCH3 is 1. The van der Waals surface area contributed by atoms with Gasteiger partial charge in [-0.1, -0.05) is 12.1 Å². The molecule has 0 heterocycles. The van der Waals surface area contributed by atoms with Crippen LogP contribution < -0.4 is 9.46 Å². The number of hydrogen-bond acceptors (Lipinski definition) is 3. The van der Waals surface area contributed by atoms with Crippen molar-refractivity contribution in [3.63, 3.8) is 0 Å². The summed E-state index contributed by atoms with van der Waals surface area (Å²) in [6.45, 7) is 5.28. The molecule has 0 aliphatic rings. The number of nitrogens with one attached hydrogen (secondary N) is 1. The Hall–Kier alpha value is -1.92. The lowest BCUT2D eigenvalue weighted by molar-refractivity contribution is 0.410. The Morgan fingerprint density at radius 1 is 1.04 bits per heavy atom. The second-order valence-electron chi connectivity index (χ2n) is 5.41. The van der Waals surface area contributed by atoms with Gasteiger partial charge in [0.05, 0.1) is 12.0 Å². The van der Waals surface area contributed by atoms with Crippen LogP contribution in [-0.2, 0) is 10.0 Å². The van der Waals surface area contributed by atoms with Crippen LogP contribution in [0.25, 0.3) is 0 Å². The fourth-order valence-electron chi connectivity index (χ4n) is 2.40. The van der Waals surface area contributed by atoms with Crippen LogP contribution in [0.5, 0.6) is 5.75 Å². The van der Waals surface area contributed by atoms with Gasteiger partial charge in [-0.05, 0) is 61.7 Å². The van der Waals surface area contributed by atoms with Crippen LogP contribution in [0.3, 0.4) is 0 Å². The lowest BCUT2D eigenvalue weighted by Crippen LogP contribution is -2.27. The molecule has 0 aliphatic carbocycles. The van der Waals surface area contributed by atoms with Crippen LogP contribution >= 0.6 is 0 Å². The molecule has 2 rings (SSSR count). The van der Waals surface area contributed by atoms with Crippen LogP contribution in [-0.4, -0.2) is 15.5 Å². The van der Waals surface area contributed by atoms with E-state index < -0.39 is 16.1 Å². The molecule has 124 valence electrons. The highest BCUT2D eigenvalue weighted by Gasteiger charge is 2.22. The molecule has 6 heteroatoms. The maximum atomic E-state index is 13.0. The Morgan fingerprint density at radius 3 is 2.22 bits per heavy atom. The second kappa shape index (κ2) is 6.68. The Bertz CT molecular complexity index is 801. The predicted molar refractivity (Wildman–Crippen MR) is 87.6 cm³/mol. The van der Waals surface area contributed by atoms with Gasteiger partial charge < -0.3 is 4.74 Å². The van der Waals surface area contributed by atoms with Crippen molar-refractivity contribution >= 4 is 10.0 Å². The molecule has 0 aromatic heterocycles. The van der Waals surface area contributed by atoms with E-state index >= 15 is 0 Å². The summed E-state index contributed by atoms with van der Waals surface area (Å²) >= 11 is 0. The maximum absolute atomic E-state index is 13.0. The molecular weight excluding hydrogens is 317 g/mol. The third-order valence-electron chi connectivity index (χ3n) is 3.90. The first-order valence-electron chi connectivity index (χ1n) is 7.18. The summed E-state index contributed by atoms with van der Waals surface area (Å²) in [5, 5.41) is 0. The number of benzene rings is 2. The zero-order chi connectivity index (χ0) is 17.2. The summed E-state index contributed by atoms with van der Waals surface area (Å²) in [6.07, 6.45) is 0. The Kier molecular flexibility index (Phi) is 5.06. The van der Waals surface area contributed by atoms with Gasteiger partial charge in [0.25, 0.3) is 0 Å². The van der Waals surface area contributed by atoms with Crippen LogP contribution in [0, 0.1) is 19.7 Å². The molecule has 2 aromatic carbocycles. The average Bonchev–Trinajstić information content (AvgIpc) is 2.49. The minimum absolute atomic E-state index is 0.213. The van der Waals surface area contributed by atoms with E-state index in [-0.39, 0.29) is 10.7 Å². The van der Waals surface area contributed by atoms with Crippen molar-refractivity contribution in [3.8, 4) is 5.75 Å². The van der Waals surface area contributed by atoms with Gasteiger partial charge in [-0.2, -0.15) is 0 Å². The number of sulfonamides is 1. The van der Waals surface area contributed by atoms with E-state index in [0.717, 1.165) is 5.56 Å². The molecule has 23 heavy (non-hydrogen) atoms. The fraction of sp³-hybridized carbons (Fsp3) is 0.294. The minimum atomic E-state index is -3.70. The van der Waals surface area contributed by atoms with E-state index in [1.54, 1.807) is 39.2 Å². The summed E-state index contributed by atoms with van der Waals surface area (Å²) in [4.78, 5) is 0.213. The average molecular weight is 337 g/mol. The topological polar surface area (TPSA) is 55.4 Å². The number of ether oxygens (including phenoxy) is 1. The SMILES string of the molecule is COc1ccc(S(=O)(=O)N[C@H](C)c2ccc(F)cc2)c(C)c1C. The van der Waals surface area contributed by atoms with Gasteiger partial charge in [0, 0.05) is 6.04 Å². The van der Waals surface area contributed by atoms with Gasteiger partial charge in [-0.15, -0.1) is 0 Å². The zero-order valence-electron chi connectivity index (χ0n) is 13.6. The molecule has 1 atom stereocenters. The van der Waals surface area contributed by atoms with Crippen molar-refractivity contribution < 1.29 is 17.5 Å². The van der Waals surface area contributed by atoms with E-state index in [1.807, 2.05) is 6.92 Å². The summed E-state index contributed by atoms with van der Waals surface area (Å²) in [5.41, 5.74) is 2.12. The lowest BCUT2D eigenvalue weighted by Gasteiger charge is -2.17. The zero-order valence-corrected chi connectivity index (χ0v) is 14.4. The van der Waals surface area contributed by atoms with Gasteiger partial charge >= 0.3 is 0 Å². The molecule has 0 fully saturated rings. The van der Waals surface area contributed by atoms with E-state index in [1.165, 1.54) is 18.2 Å². The molecule has 0 saturated carbocycles. The van der Waals surface area contributed by atoms with Crippen molar-refractivity contribution in [2.75, 3.05) is 7.11 Å². The van der Waals surface area contributed by atoms with Crippen LogP contribution in [0.15, 0.2) is 41.3 Å².